The summed E-state index contributed by atoms with van der Waals surface area (Å²) in [7, 11) is 0. The van der Waals surface area contributed by atoms with Crippen molar-refractivity contribution in [2.75, 3.05) is 5.32 Å². The number of carbonyl (C=O) groups excluding carboxylic acids is 1. The predicted molar refractivity (Wildman–Crippen MR) is 90.4 cm³/mol. The van der Waals surface area contributed by atoms with Crippen molar-refractivity contribution in [1.82, 2.24) is 0 Å². The minimum atomic E-state index is -0.385. The van der Waals surface area contributed by atoms with E-state index < -0.39 is 0 Å². The van der Waals surface area contributed by atoms with E-state index >= 15 is 0 Å². The quantitative estimate of drug-likeness (QED) is 0.482. The SMILES string of the molecule is Cc1ccsc1/C=C(\C#N)C(=O)Nc1ccccc1I. The molecule has 2 aromatic rings. The summed E-state index contributed by atoms with van der Waals surface area (Å²) in [6, 6.07) is 11.4. The van der Waals surface area contributed by atoms with Crippen molar-refractivity contribution < 1.29 is 4.79 Å². The smallest absolute Gasteiger partial charge is 0.266 e. The Morgan fingerprint density at radius 2 is 2.15 bits per heavy atom. The van der Waals surface area contributed by atoms with Crippen molar-refractivity contribution in [2.24, 2.45) is 0 Å². The number of rotatable bonds is 3. The number of amides is 1. The van der Waals surface area contributed by atoms with Gasteiger partial charge in [0, 0.05) is 8.45 Å². The number of hydrogen-bond donors (Lipinski definition) is 1. The summed E-state index contributed by atoms with van der Waals surface area (Å²) >= 11 is 3.65. The second-order valence-electron chi connectivity index (χ2n) is 4.07. The fourth-order valence-corrected chi connectivity index (χ4v) is 2.95. The molecule has 1 aromatic carbocycles. The van der Waals surface area contributed by atoms with E-state index in [1.165, 1.54) is 11.3 Å². The van der Waals surface area contributed by atoms with Crippen LogP contribution in [-0.4, -0.2) is 5.91 Å². The van der Waals surface area contributed by atoms with E-state index in [-0.39, 0.29) is 11.5 Å². The normalized spacial score (nSPS) is 10.9. The molecule has 20 heavy (non-hydrogen) atoms. The van der Waals surface area contributed by atoms with Gasteiger partial charge < -0.3 is 5.32 Å². The Kier molecular flexibility index (Phi) is 4.93. The van der Waals surface area contributed by atoms with Crippen molar-refractivity contribution >= 4 is 51.6 Å². The lowest BCUT2D eigenvalue weighted by Crippen LogP contribution is -2.14. The van der Waals surface area contributed by atoms with E-state index in [1.807, 2.05) is 48.7 Å². The number of aryl methyl sites for hydroxylation is 1. The molecule has 3 nitrogen and oxygen atoms in total. The number of para-hydroxylation sites is 1. The molecule has 0 radical (unpaired) electrons. The Balaban J connectivity index is 2.23. The number of hydrogen-bond acceptors (Lipinski definition) is 3. The van der Waals surface area contributed by atoms with Gasteiger partial charge in [0.2, 0.25) is 0 Å². The molecule has 0 saturated carbocycles. The van der Waals surface area contributed by atoms with Crippen molar-refractivity contribution in [2.45, 2.75) is 6.92 Å². The Hall–Kier alpha value is -1.65. The zero-order valence-electron chi connectivity index (χ0n) is 10.7. The topological polar surface area (TPSA) is 52.9 Å². The molecule has 5 heteroatoms. The third kappa shape index (κ3) is 3.46. The Morgan fingerprint density at radius 1 is 1.40 bits per heavy atom. The van der Waals surface area contributed by atoms with Crippen LogP contribution in [0.3, 0.4) is 0 Å². The van der Waals surface area contributed by atoms with Crippen LogP contribution >= 0.6 is 33.9 Å². The van der Waals surface area contributed by atoms with Crippen LogP contribution in [0, 0.1) is 21.8 Å². The van der Waals surface area contributed by atoms with E-state index in [0.717, 1.165) is 14.0 Å². The average molecular weight is 394 g/mol. The highest BCUT2D eigenvalue weighted by atomic mass is 127. The number of carbonyl (C=O) groups is 1. The largest absolute Gasteiger partial charge is 0.320 e. The molecule has 0 saturated heterocycles. The van der Waals surface area contributed by atoms with Crippen LogP contribution in [0.5, 0.6) is 0 Å². The van der Waals surface area contributed by atoms with E-state index in [2.05, 4.69) is 27.9 Å². The second kappa shape index (κ2) is 6.68. The molecular formula is C15H11IN2OS. The molecular weight excluding hydrogens is 383 g/mol. The fraction of sp³-hybridized carbons (Fsp3) is 0.0667. The van der Waals surface area contributed by atoms with Crippen molar-refractivity contribution in [3.8, 4) is 6.07 Å². The lowest BCUT2D eigenvalue weighted by atomic mass is 10.2. The highest BCUT2D eigenvalue weighted by molar-refractivity contribution is 14.1. The second-order valence-corrected chi connectivity index (χ2v) is 6.18. The molecule has 1 heterocycles. The fourth-order valence-electron chi connectivity index (χ4n) is 1.56. The number of nitriles is 1. The standard InChI is InChI=1S/C15H11IN2OS/c1-10-6-7-20-14(10)8-11(9-17)15(19)18-13-5-3-2-4-12(13)16/h2-8H,1H3,(H,18,19)/b11-8+. The molecule has 0 aliphatic carbocycles. The minimum Gasteiger partial charge on any atom is -0.320 e. The van der Waals surface area contributed by atoms with Gasteiger partial charge in [-0.15, -0.1) is 11.3 Å². The first kappa shape index (κ1) is 14.8. The summed E-state index contributed by atoms with van der Waals surface area (Å²) in [6.45, 7) is 1.95. The summed E-state index contributed by atoms with van der Waals surface area (Å²) in [5, 5.41) is 13.9. The van der Waals surface area contributed by atoms with Gasteiger partial charge in [-0.1, -0.05) is 12.1 Å². The molecule has 1 N–H and O–H groups in total. The highest BCUT2D eigenvalue weighted by Crippen LogP contribution is 2.21. The third-order valence-electron chi connectivity index (χ3n) is 2.66. The van der Waals surface area contributed by atoms with Crippen LogP contribution in [0.4, 0.5) is 5.69 Å². The zero-order chi connectivity index (χ0) is 14.5. The lowest BCUT2D eigenvalue weighted by Gasteiger charge is -2.06. The van der Waals surface area contributed by atoms with Crippen LogP contribution in [0.25, 0.3) is 6.08 Å². The zero-order valence-corrected chi connectivity index (χ0v) is 13.7. The third-order valence-corrected chi connectivity index (χ3v) is 4.57. The number of thiophene rings is 1. The maximum Gasteiger partial charge on any atom is 0.266 e. The van der Waals surface area contributed by atoms with Gasteiger partial charge in [0.15, 0.2) is 0 Å². The summed E-state index contributed by atoms with van der Waals surface area (Å²) in [5.74, 6) is -0.385. The molecule has 0 atom stereocenters. The summed E-state index contributed by atoms with van der Waals surface area (Å²) in [4.78, 5) is 13.1. The van der Waals surface area contributed by atoms with Gasteiger partial charge in [-0.3, -0.25) is 4.79 Å². The molecule has 0 fully saturated rings. The number of halogens is 1. The maximum absolute atomic E-state index is 12.1. The van der Waals surface area contributed by atoms with Gasteiger partial charge in [0.25, 0.3) is 5.91 Å². The number of anilines is 1. The molecule has 0 bridgehead atoms. The van der Waals surface area contributed by atoms with Crippen LogP contribution in [0.2, 0.25) is 0 Å². The number of nitrogens with zero attached hydrogens (tertiary/aromatic N) is 1. The van der Waals surface area contributed by atoms with Gasteiger partial charge >= 0.3 is 0 Å². The molecule has 0 unspecified atom stereocenters. The Labute approximate surface area is 135 Å². The van der Waals surface area contributed by atoms with Gasteiger partial charge in [0.05, 0.1) is 5.69 Å². The molecule has 1 amide bonds. The van der Waals surface area contributed by atoms with Crippen LogP contribution in [-0.2, 0) is 4.79 Å². The van der Waals surface area contributed by atoms with E-state index in [1.54, 1.807) is 6.08 Å². The lowest BCUT2D eigenvalue weighted by molar-refractivity contribution is -0.112. The summed E-state index contributed by atoms with van der Waals surface area (Å²) in [6.07, 6.45) is 1.63. The van der Waals surface area contributed by atoms with Crippen LogP contribution in [0.15, 0.2) is 41.3 Å². The van der Waals surface area contributed by atoms with Crippen molar-refractivity contribution in [1.29, 1.82) is 5.26 Å². The molecule has 100 valence electrons. The van der Waals surface area contributed by atoms with Gasteiger partial charge in [-0.25, -0.2) is 0 Å². The van der Waals surface area contributed by atoms with E-state index in [9.17, 15) is 4.79 Å². The van der Waals surface area contributed by atoms with Crippen LogP contribution < -0.4 is 5.32 Å². The maximum atomic E-state index is 12.1. The first-order valence-corrected chi connectivity index (χ1v) is 7.79. The van der Waals surface area contributed by atoms with Gasteiger partial charge in [-0.05, 0) is 64.7 Å². The molecule has 0 aliphatic rings. The van der Waals surface area contributed by atoms with Crippen molar-refractivity contribution in [3.63, 3.8) is 0 Å². The Bertz CT molecular complexity index is 713. The Morgan fingerprint density at radius 3 is 2.75 bits per heavy atom. The summed E-state index contributed by atoms with van der Waals surface area (Å²) < 4.78 is 0.933. The molecule has 2 rings (SSSR count). The molecule has 1 aromatic heterocycles. The predicted octanol–water partition coefficient (Wildman–Crippen LogP) is 4.21. The van der Waals surface area contributed by atoms with Gasteiger partial charge in [0.1, 0.15) is 11.6 Å². The van der Waals surface area contributed by atoms with E-state index in [0.29, 0.717) is 5.69 Å². The van der Waals surface area contributed by atoms with Crippen molar-refractivity contribution in [3.05, 3.63) is 55.3 Å². The first-order valence-electron chi connectivity index (χ1n) is 5.83. The van der Waals surface area contributed by atoms with E-state index in [4.69, 9.17) is 5.26 Å². The minimum absolute atomic E-state index is 0.107. The summed E-state index contributed by atoms with van der Waals surface area (Å²) in [5.41, 5.74) is 1.88. The first-order chi connectivity index (χ1) is 9.61. The van der Waals surface area contributed by atoms with Crippen LogP contribution in [0.1, 0.15) is 10.4 Å². The van der Waals surface area contributed by atoms with Gasteiger partial charge in [-0.2, -0.15) is 5.26 Å². The average Bonchev–Trinajstić information content (AvgIpc) is 2.84. The molecule has 0 spiro atoms. The highest BCUT2D eigenvalue weighted by Gasteiger charge is 2.11. The number of benzene rings is 1. The monoisotopic (exact) mass is 394 g/mol. The molecule has 0 aliphatic heterocycles. The number of nitrogens with one attached hydrogen (secondary N) is 1.